The van der Waals surface area contributed by atoms with Crippen molar-refractivity contribution in [2.24, 2.45) is 5.92 Å². The fourth-order valence-corrected chi connectivity index (χ4v) is 3.41. The highest BCUT2D eigenvalue weighted by Crippen LogP contribution is 2.28. The summed E-state index contributed by atoms with van der Waals surface area (Å²) >= 11 is 0. The Morgan fingerprint density at radius 3 is 2.15 bits per heavy atom. The second kappa shape index (κ2) is 10.6. The molecule has 1 N–H and O–H groups in total. The summed E-state index contributed by atoms with van der Waals surface area (Å²) in [6.07, 6.45) is 0.826. The summed E-state index contributed by atoms with van der Waals surface area (Å²) < 4.78 is 24.1. The van der Waals surface area contributed by atoms with E-state index in [1.54, 1.807) is 49.5 Å². The second-order valence-electron chi connectivity index (χ2n) is 7.60. The van der Waals surface area contributed by atoms with Gasteiger partial charge in [-0.05, 0) is 79.1 Å². The zero-order chi connectivity index (χ0) is 24.0. The number of carboxylic acid groups (broad SMARTS) is 1. The molecule has 0 heterocycles. The molecular formula is C26H26FNO5. The van der Waals surface area contributed by atoms with Gasteiger partial charge in [-0.1, -0.05) is 13.0 Å². The van der Waals surface area contributed by atoms with Gasteiger partial charge in [0.05, 0.1) is 18.6 Å². The first-order chi connectivity index (χ1) is 15.8. The van der Waals surface area contributed by atoms with Crippen LogP contribution in [0.5, 0.6) is 17.2 Å². The van der Waals surface area contributed by atoms with Gasteiger partial charge in [0.2, 0.25) is 0 Å². The van der Waals surface area contributed by atoms with E-state index in [-0.39, 0.29) is 11.7 Å². The average Bonchev–Trinajstić information content (AvgIpc) is 2.83. The Labute approximate surface area is 192 Å². The van der Waals surface area contributed by atoms with Crippen molar-refractivity contribution in [3.05, 3.63) is 83.7 Å². The highest BCUT2D eigenvalue weighted by molar-refractivity contribution is 6.07. The fraction of sp³-hybridized carbons (Fsp3) is 0.231. The fourth-order valence-electron chi connectivity index (χ4n) is 3.41. The minimum Gasteiger partial charge on any atom is -0.496 e. The molecule has 0 fully saturated rings. The Morgan fingerprint density at radius 1 is 1.00 bits per heavy atom. The summed E-state index contributed by atoms with van der Waals surface area (Å²) in [7, 11) is 3.13. The summed E-state index contributed by atoms with van der Waals surface area (Å²) in [5.74, 6) is -0.550. The summed E-state index contributed by atoms with van der Waals surface area (Å²) in [5.41, 5.74) is 1.74. The first kappa shape index (κ1) is 23.8. The number of methoxy groups -OCH3 is 1. The van der Waals surface area contributed by atoms with E-state index >= 15 is 0 Å². The van der Waals surface area contributed by atoms with Gasteiger partial charge < -0.3 is 19.5 Å². The second-order valence-corrected chi connectivity index (χ2v) is 7.60. The van der Waals surface area contributed by atoms with Gasteiger partial charge >= 0.3 is 5.97 Å². The van der Waals surface area contributed by atoms with Crippen LogP contribution in [0.1, 0.15) is 29.3 Å². The van der Waals surface area contributed by atoms with Gasteiger partial charge in [0.1, 0.15) is 23.1 Å². The standard InChI is InChI=1S/C26H26FNO5/c1-4-18(26(30)31)15-17-5-14-24(32-3)23(16-17)25(29)28(2)20-8-12-22(13-9-20)33-21-10-6-19(27)7-11-21/h5-14,16,18H,4,15H2,1-3H3,(H,30,31)/t18-/m0/s1. The minimum absolute atomic E-state index is 0.288. The van der Waals surface area contributed by atoms with Crippen molar-refractivity contribution in [1.29, 1.82) is 0 Å². The van der Waals surface area contributed by atoms with Crippen LogP contribution in [0.3, 0.4) is 0 Å². The van der Waals surface area contributed by atoms with Crippen molar-refractivity contribution >= 4 is 17.6 Å². The Kier molecular flexibility index (Phi) is 7.66. The van der Waals surface area contributed by atoms with Crippen LogP contribution >= 0.6 is 0 Å². The van der Waals surface area contributed by atoms with E-state index in [0.717, 1.165) is 5.56 Å². The number of halogens is 1. The number of benzene rings is 3. The third-order valence-electron chi connectivity index (χ3n) is 5.40. The molecule has 6 nitrogen and oxygen atoms in total. The van der Waals surface area contributed by atoms with Crippen molar-refractivity contribution in [3.63, 3.8) is 0 Å². The number of hydrogen-bond acceptors (Lipinski definition) is 4. The molecule has 1 atom stereocenters. The molecule has 0 bridgehead atoms. The number of rotatable bonds is 9. The monoisotopic (exact) mass is 451 g/mol. The molecule has 33 heavy (non-hydrogen) atoms. The Bertz CT molecular complexity index is 1110. The zero-order valence-electron chi connectivity index (χ0n) is 18.7. The van der Waals surface area contributed by atoms with E-state index in [0.29, 0.717) is 41.3 Å². The van der Waals surface area contributed by atoms with Gasteiger partial charge in [-0.15, -0.1) is 0 Å². The van der Waals surface area contributed by atoms with E-state index in [1.807, 2.05) is 6.92 Å². The van der Waals surface area contributed by atoms with Gasteiger partial charge in [0.15, 0.2) is 0 Å². The Balaban J connectivity index is 1.78. The van der Waals surface area contributed by atoms with Crippen molar-refractivity contribution in [2.45, 2.75) is 19.8 Å². The van der Waals surface area contributed by atoms with Crippen LogP contribution < -0.4 is 14.4 Å². The lowest BCUT2D eigenvalue weighted by atomic mass is 9.95. The summed E-state index contributed by atoms with van der Waals surface area (Å²) in [5, 5.41) is 9.35. The van der Waals surface area contributed by atoms with Gasteiger partial charge in [0.25, 0.3) is 5.91 Å². The molecular weight excluding hydrogens is 425 g/mol. The molecule has 0 aromatic heterocycles. The molecule has 0 saturated heterocycles. The van der Waals surface area contributed by atoms with Crippen molar-refractivity contribution in [1.82, 2.24) is 0 Å². The molecule has 0 aliphatic rings. The van der Waals surface area contributed by atoms with E-state index in [2.05, 4.69) is 0 Å². The predicted molar refractivity (Wildman–Crippen MR) is 124 cm³/mol. The molecule has 7 heteroatoms. The zero-order valence-corrected chi connectivity index (χ0v) is 18.7. The maximum absolute atomic E-state index is 13.2. The smallest absolute Gasteiger partial charge is 0.306 e. The minimum atomic E-state index is -0.860. The molecule has 172 valence electrons. The lowest BCUT2D eigenvalue weighted by Gasteiger charge is -2.20. The van der Waals surface area contributed by atoms with E-state index in [1.165, 1.54) is 36.3 Å². The Hall–Kier alpha value is -3.87. The molecule has 0 aliphatic carbocycles. The van der Waals surface area contributed by atoms with E-state index < -0.39 is 11.9 Å². The summed E-state index contributed by atoms with van der Waals surface area (Å²) in [6.45, 7) is 1.83. The van der Waals surface area contributed by atoms with Gasteiger partial charge in [-0.2, -0.15) is 0 Å². The molecule has 0 aliphatic heterocycles. The van der Waals surface area contributed by atoms with Gasteiger partial charge in [-0.25, -0.2) is 4.39 Å². The topological polar surface area (TPSA) is 76.1 Å². The highest BCUT2D eigenvalue weighted by Gasteiger charge is 2.21. The summed E-state index contributed by atoms with van der Waals surface area (Å²) in [6, 6.07) is 17.8. The third-order valence-corrected chi connectivity index (χ3v) is 5.40. The number of carbonyl (C=O) groups excluding carboxylic acids is 1. The molecule has 0 spiro atoms. The number of anilines is 1. The maximum atomic E-state index is 13.2. The average molecular weight is 451 g/mol. The maximum Gasteiger partial charge on any atom is 0.306 e. The lowest BCUT2D eigenvalue weighted by molar-refractivity contribution is -0.141. The van der Waals surface area contributed by atoms with Crippen LogP contribution in [-0.2, 0) is 11.2 Å². The largest absolute Gasteiger partial charge is 0.496 e. The number of aliphatic carboxylic acids is 1. The van der Waals surface area contributed by atoms with Crippen LogP contribution in [0, 0.1) is 11.7 Å². The van der Waals surface area contributed by atoms with Gasteiger partial charge in [-0.3, -0.25) is 9.59 Å². The molecule has 0 radical (unpaired) electrons. The quantitative estimate of drug-likeness (QED) is 0.461. The van der Waals surface area contributed by atoms with E-state index in [4.69, 9.17) is 9.47 Å². The number of amides is 1. The highest BCUT2D eigenvalue weighted by atomic mass is 19.1. The van der Waals surface area contributed by atoms with Gasteiger partial charge in [0, 0.05) is 12.7 Å². The molecule has 0 saturated carbocycles. The SMILES string of the molecule is CC[C@@H](Cc1ccc(OC)c(C(=O)N(C)c2ccc(Oc3ccc(F)cc3)cc2)c1)C(=O)O. The van der Waals surface area contributed by atoms with Crippen molar-refractivity contribution in [3.8, 4) is 17.2 Å². The summed E-state index contributed by atoms with van der Waals surface area (Å²) in [4.78, 5) is 26.1. The first-order valence-electron chi connectivity index (χ1n) is 10.5. The number of carboxylic acids is 1. The Morgan fingerprint density at radius 2 is 1.61 bits per heavy atom. The first-order valence-corrected chi connectivity index (χ1v) is 10.5. The van der Waals surface area contributed by atoms with Crippen molar-refractivity contribution < 1.29 is 28.6 Å². The van der Waals surface area contributed by atoms with Crippen LogP contribution in [0.15, 0.2) is 66.7 Å². The number of ether oxygens (including phenoxy) is 2. The third kappa shape index (κ3) is 5.88. The lowest BCUT2D eigenvalue weighted by Crippen LogP contribution is -2.27. The molecule has 3 aromatic carbocycles. The van der Waals surface area contributed by atoms with Crippen molar-refractivity contribution in [2.75, 3.05) is 19.1 Å². The van der Waals surface area contributed by atoms with E-state index in [9.17, 15) is 19.1 Å². The molecule has 0 unspecified atom stereocenters. The normalized spacial score (nSPS) is 11.5. The number of hydrogen-bond donors (Lipinski definition) is 1. The number of nitrogens with zero attached hydrogens (tertiary/aromatic N) is 1. The molecule has 3 aromatic rings. The predicted octanol–water partition coefficient (Wildman–Crippen LogP) is 5.56. The number of carbonyl (C=O) groups is 2. The molecule has 3 rings (SSSR count). The van der Waals surface area contributed by atoms with Crippen LogP contribution in [0.2, 0.25) is 0 Å². The van der Waals surface area contributed by atoms with Crippen LogP contribution in [0.4, 0.5) is 10.1 Å². The van der Waals surface area contributed by atoms with Crippen LogP contribution in [-0.4, -0.2) is 31.1 Å². The molecule has 1 amide bonds. The van der Waals surface area contributed by atoms with Crippen LogP contribution in [0.25, 0.3) is 0 Å².